The fraction of sp³-hybridized carbons (Fsp3) is 0.333. The second kappa shape index (κ2) is 4.08. The van der Waals surface area contributed by atoms with Crippen LogP contribution in [0, 0.1) is 6.92 Å². The van der Waals surface area contributed by atoms with E-state index in [0.29, 0.717) is 0 Å². The molecule has 1 aromatic rings. The lowest BCUT2D eigenvalue weighted by Gasteiger charge is -2.15. The Hall–Kier alpha value is -0.650. The summed E-state index contributed by atoms with van der Waals surface area (Å²) in [5, 5.41) is 0. The SMILES string of the molecule is Cc1cc(Br)cc(C(F)F)c1C(F)(F)F. The Bertz CT molecular complexity index is 370. The molecule has 0 saturated heterocycles. The van der Waals surface area contributed by atoms with Gasteiger partial charge >= 0.3 is 6.18 Å². The van der Waals surface area contributed by atoms with Crippen molar-refractivity contribution < 1.29 is 22.0 Å². The Labute approximate surface area is 91.2 Å². The molecule has 0 heterocycles. The van der Waals surface area contributed by atoms with Gasteiger partial charge in [0.25, 0.3) is 6.43 Å². The third-order valence-corrected chi connectivity index (χ3v) is 2.31. The van der Waals surface area contributed by atoms with E-state index in [1.807, 2.05) is 0 Å². The van der Waals surface area contributed by atoms with Crippen LogP contribution in [0.3, 0.4) is 0 Å². The molecular weight excluding hydrogens is 283 g/mol. The predicted molar refractivity (Wildman–Crippen MR) is 48.8 cm³/mol. The number of hydrogen-bond acceptors (Lipinski definition) is 0. The van der Waals surface area contributed by atoms with Crippen molar-refractivity contribution in [3.63, 3.8) is 0 Å². The highest BCUT2D eigenvalue weighted by Gasteiger charge is 2.37. The van der Waals surface area contributed by atoms with E-state index in [1.165, 1.54) is 0 Å². The zero-order valence-electron chi connectivity index (χ0n) is 7.50. The van der Waals surface area contributed by atoms with Crippen LogP contribution >= 0.6 is 15.9 Å². The zero-order chi connectivity index (χ0) is 11.8. The first-order valence-corrected chi connectivity index (χ1v) is 4.68. The number of benzene rings is 1. The van der Waals surface area contributed by atoms with Crippen molar-refractivity contribution in [3.8, 4) is 0 Å². The van der Waals surface area contributed by atoms with Crippen LogP contribution in [0.2, 0.25) is 0 Å². The van der Waals surface area contributed by atoms with E-state index in [0.717, 1.165) is 19.1 Å². The van der Waals surface area contributed by atoms with Crippen molar-refractivity contribution in [2.45, 2.75) is 19.5 Å². The van der Waals surface area contributed by atoms with E-state index in [1.54, 1.807) is 0 Å². The van der Waals surface area contributed by atoms with Gasteiger partial charge in [-0.15, -0.1) is 0 Å². The van der Waals surface area contributed by atoms with Crippen LogP contribution in [-0.4, -0.2) is 0 Å². The van der Waals surface area contributed by atoms with Gasteiger partial charge in [-0.2, -0.15) is 13.2 Å². The highest BCUT2D eigenvalue weighted by Crippen LogP contribution is 2.39. The second-order valence-corrected chi connectivity index (χ2v) is 3.90. The van der Waals surface area contributed by atoms with Crippen LogP contribution in [0.5, 0.6) is 0 Å². The number of hydrogen-bond donors (Lipinski definition) is 0. The quantitative estimate of drug-likeness (QED) is 0.656. The average Bonchev–Trinajstić information content (AvgIpc) is 1.99. The fourth-order valence-electron chi connectivity index (χ4n) is 1.33. The summed E-state index contributed by atoms with van der Waals surface area (Å²) >= 11 is 2.88. The Morgan fingerprint density at radius 3 is 2.13 bits per heavy atom. The first-order chi connectivity index (χ1) is 6.73. The third-order valence-electron chi connectivity index (χ3n) is 1.85. The number of alkyl halides is 5. The summed E-state index contributed by atoms with van der Waals surface area (Å²) in [7, 11) is 0. The molecule has 0 spiro atoms. The molecule has 0 atom stereocenters. The van der Waals surface area contributed by atoms with Crippen molar-refractivity contribution in [2.75, 3.05) is 0 Å². The smallest absolute Gasteiger partial charge is 0.205 e. The van der Waals surface area contributed by atoms with Gasteiger partial charge in [0.1, 0.15) is 0 Å². The fourth-order valence-corrected chi connectivity index (χ4v) is 1.92. The zero-order valence-corrected chi connectivity index (χ0v) is 9.09. The molecule has 0 aliphatic carbocycles. The number of aryl methyl sites for hydroxylation is 1. The van der Waals surface area contributed by atoms with Gasteiger partial charge < -0.3 is 0 Å². The Morgan fingerprint density at radius 1 is 1.20 bits per heavy atom. The van der Waals surface area contributed by atoms with Crippen LogP contribution in [0.25, 0.3) is 0 Å². The van der Waals surface area contributed by atoms with Gasteiger partial charge in [-0.25, -0.2) is 8.78 Å². The van der Waals surface area contributed by atoms with Crippen LogP contribution in [-0.2, 0) is 6.18 Å². The predicted octanol–water partition coefficient (Wildman–Crippen LogP) is 4.71. The topological polar surface area (TPSA) is 0 Å². The molecule has 0 amide bonds. The molecule has 6 heteroatoms. The van der Waals surface area contributed by atoms with Gasteiger partial charge in [0.05, 0.1) is 5.56 Å². The van der Waals surface area contributed by atoms with E-state index in [4.69, 9.17) is 0 Å². The maximum absolute atomic E-state index is 12.5. The summed E-state index contributed by atoms with van der Waals surface area (Å²) in [6, 6.07) is 1.95. The van der Waals surface area contributed by atoms with Crippen LogP contribution in [0.4, 0.5) is 22.0 Å². The summed E-state index contributed by atoms with van der Waals surface area (Å²) in [6.07, 6.45) is -7.89. The van der Waals surface area contributed by atoms with Crippen LogP contribution < -0.4 is 0 Å². The van der Waals surface area contributed by atoms with Crippen LogP contribution in [0.1, 0.15) is 23.1 Å². The van der Waals surface area contributed by atoms with Gasteiger partial charge in [-0.05, 0) is 24.6 Å². The van der Waals surface area contributed by atoms with Crippen molar-refractivity contribution in [1.29, 1.82) is 0 Å². The van der Waals surface area contributed by atoms with Crippen molar-refractivity contribution in [2.24, 2.45) is 0 Å². The van der Waals surface area contributed by atoms with Crippen LogP contribution in [0.15, 0.2) is 16.6 Å². The van der Waals surface area contributed by atoms with Crippen molar-refractivity contribution >= 4 is 15.9 Å². The number of halogens is 6. The molecule has 0 radical (unpaired) electrons. The molecular formula is C9H6BrF5. The molecule has 1 aromatic carbocycles. The summed E-state index contributed by atoms with van der Waals surface area (Å²) in [5.74, 6) is 0. The summed E-state index contributed by atoms with van der Waals surface area (Å²) in [5.41, 5.74) is -2.46. The van der Waals surface area contributed by atoms with Gasteiger partial charge in [0, 0.05) is 10.0 Å². The lowest BCUT2D eigenvalue weighted by atomic mass is 10.0. The first-order valence-electron chi connectivity index (χ1n) is 3.89. The largest absolute Gasteiger partial charge is 0.417 e. The monoisotopic (exact) mass is 288 g/mol. The first kappa shape index (κ1) is 12.4. The van der Waals surface area contributed by atoms with Gasteiger partial charge in [0.15, 0.2) is 0 Å². The lowest BCUT2D eigenvalue weighted by molar-refractivity contribution is -0.140. The molecule has 84 valence electrons. The standard InChI is InChI=1S/C9H6BrF5/c1-4-2-5(10)3-6(8(11)12)7(4)9(13,14)15/h2-3,8H,1H3. The molecule has 0 aliphatic rings. The summed E-state index contributed by atoms with van der Waals surface area (Å²) in [6.45, 7) is 1.15. The maximum Gasteiger partial charge on any atom is 0.417 e. The molecule has 0 fully saturated rings. The minimum absolute atomic E-state index is 0.211. The Kier molecular flexibility index (Phi) is 3.38. The number of rotatable bonds is 1. The van der Waals surface area contributed by atoms with Gasteiger partial charge in [-0.3, -0.25) is 0 Å². The lowest BCUT2D eigenvalue weighted by Crippen LogP contribution is -2.12. The summed E-state index contributed by atoms with van der Waals surface area (Å²) < 4.78 is 62.4. The average molecular weight is 289 g/mol. The highest BCUT2D eigenvalue weighted by molar-refractivity contribution is 9.10. The van der Waals surface area contributed by atoms with E-state index in [-0.39, 0.29) is 10.0 Å². The minimum atomic E-state index is -4.75. The van der Waals surface area contributed by atoms with Gasteiger partial charge in [-0.1, -0.05) is 15.9 Å². The highest BCUT2D eigenvalue weighted by atomic mass is 79.9. The second-order valence-electron chi connectivity index (χ2n) is 2.99. The Balaban J connectivity index is 3.48. The molecule has 0 N–H and O–H groups in total. The molecule has 0 unspecified atom stereocenters. The Morgan fingerprint density at radius 2 is 1.73 bits per heavy atom. The molecule has 1 rings (SSSR count). The molecule has 0 aliphatic heterocycles. The molecule has 0 saturated carbocycles. The molecule has 0 aromatic heterocycles. The molecule has 0 bridgehead atoms. The van der Waals surface area contributed by atoms with Crippen molar-refractivity contribution in [1.82, 2.24) is 0 Å². The van der Waals surface area contributed by atoms with Gasteiger partial charge in [0.2, 0.25) is 0 Å². The van der Waals surface area contributed by atoms with Crippen molar-refractivity contribution in [3.05, 3.63) is 33.3 Å². The normalized spacial score (nSPS) is 12.3. The third kappa shape index (κ3) is 2.68. The molecule has 15 heavy (non-hydrogen) atoms. The van der Waals surface area contributed by atoms with E-state index >= 15 is 0 Å². The minimum Gasteiger partial charge on any atom is -0.205 e. The van der Waals surface area contributed by atoms with E-state index in [9.17, 15) is 22.0 Å². The maximum atomic E-state index is 12.5. The van der Waals surface area contributed by atoms with E-state index in [2.05, 4.69) is 15.9 Å². The van der Waals surface area contributed by atoms with E-state index < -0.39 is 23.7 Å². The summed E-state index contributed by atoms with van der Waals surface area (Å²) in [4.78, 5) is 0. The molecule has 0 nitrogen and oxygen atoms in total.